The SMILES string of the molecule is S=C(NCCCCc1ccccc1)Nc1ccc2c(c1)OCO2. The van der Waals surface area contributed by atoms with Crippen LogP contribution in [0.2, 0.25) is 0 Å². The zero-order chi connectivity index (χ0) is 15.9. The fourth-order valence-corrected chi connectivity index (χ4v) is 2.67. The standard InChI is InChI=1S/C18H20N2O2S/c23-18(19-11-5-4-8-14-6-2-1-3-7-14)20-15-9-10-16-17(12-15)22-13-21-16/h1-3,6-7,9-10,12H,4-5,8,11,13H2,(H2,19,20,23). The Labute approximate surface area is 141 Å². The predicted octanol–water partition coefficient (Wildman–Crippen LogP) is 3.72. The van der Waals surface area contributed by atoms with Crippen molar-refractivity contribution in [2.24, 2.45) is 0 Å². The molecule has 0 saturated heterocycles. The van der Waals surface area contributed by atoms with Gasteiger partial charge in [-0.3, -0.25) is 0 Å². The van der Waals surface area contributed by atoms with Gasteiger partial charge in [-0.05, 0) is 49.2 Å². The van der Waals surface area contributed by atoms with Crippen molar-refractivity contribution >= 4 is 23.0 Å². The molecule has 0 unspecified atom stereocenters. The molecule has 120 valence electrons. The number of anilines is 1. The van der Waals surface area contributed by atoms with E-state index in [9.17, 15) is 0 Å². The molecule has 1 aliphatic heterocycles. The van der Waals surface area contributed by atoms with Crippen molar-refractivity contribution < 1.29 is 9.47 Å². The van der Waals surface area contributed by atoms with Crippen molar-refractivity contribution in [2.45, 2.75) is 19.3 Å². The molecule has 0 aliphatic carbocycles. The molecule has 0 radical (unpaired) electrons. The monoisotopic (exact) mass is 328 g/mol. The Morgan fingerprint density at radius 3 is 2.70 bits per heavy atom. The predicted molar refractivity (Wildman–Crippen MR) is 96.2 cm³/mol. The molecule has 0 aromatic heterocycles. The normalized spacial score (nSPS) is 12.0. The first-order valence-electron chi connectivity index (χ1n) is 7.80. The van der Waals surface area contributed by atoms with Crippen LogP contribution in [-0.4, -0.2) is 18.5 Å². The van der Waals surface area contributed by atoms with Crippen LogP contribution in [0.5, 0.6) is 11.5 Å². The van der Waals surface area contributed by atoms with Crippen LogP contribution in [0.4, 0.5) is 5.69 Å². The van der Waals surface area contributed by atoms with E-state index in [2.05, 4.69) is 34.9 Å². The highest BCUT2D eigenvalue weighted by atomic mass is 32.1. The van der Waals surface area contributed by atoms with Crippen LogP contribution in [0.1, 0.15) is 18.4 Å². The van der Waals surface area contributed by atoms with Gasteiger partial charge in [0, 0.05) is 18.3 Å². The minimum atomic E-state index is 0.281. The van der Waals surface area contributed by atoms with Crippen LogP contribution in [0.3, 0.4) is 0 Å². The first kappa shape index (κ1) is 15.6. The van der Waals surface area contributed by atoms with Crippen molar-refractivity contribution in [3.8, 4) is 11.5 Å². The van der Waals surface area contributed by atoms with Gasteiger partial charge < -0.3 is 20.1 Å². The van der Waals surface area contributed by atoms with Gasteiger partial charge >= 0.3 is 0 Å². The van der Waals surface area contributed by atoms with Gasteiger partial charge in [0.25, 0.3) is 0 Å². The third-order valence-electron chi connectivity index (χ3n) is 3.65. The molecule has 0 amide bonds. The molecule has 5 heteroatoms. The van der Waals surface area contributed by atoms with Gasteiger partial charge in [0.2, 0.25) is 6.79 Å². The van der Waals surface area contributed by atoms with E-state index in [4.69, 9.17) is 21.7 Å². The molecule has 1 heterocycles. The lowest BCUT2D eigenvalue weighted by atomic mass is 10.1. The Balaban J connectivity index is 1.35. The number of aryl methyl sites for hydroxylation is 1. The second-order valence-electron chi connectivity index (χ2n) is 5.39. The lowest BCUT2D eigenvalue weighted by Gasteiger charge is -2.11. The molecule has 1 aliphatic rings. The van der Waals surface area contributed by atoms with Crippen LogP contribution >= 0.6 is 12.2 Å². The van der Waals surface area contributed by atoms with Crippen LogP contribution in [0.25, 0.3) is 0 Å². The minimum absolute atomic E-state index is 0.281. The first-order valence-corrected chi connectivity index (χ1v) is 8.20. The maximum absolute atomic E-state index is 5.35. The highest BCUT2D eigenvalue weighted by Gasteiger charge is 2.13. The zero-order valence-electron chi connectivity index (χ0n) is 12.9. The fraction of sp³-hybridized carbons (Fsp3) is 0.278. The summed E-state index contributed by atoms with van der Waals surface area (Å²) in [5.74, 6) is 1.52. The summed E-state index contributed by atoms with van der Waals surface area (Å²) in [6.07, 6.45) is 3.33. The van der Waals surface area contributed by atoms with E-state index in [0.717, 1.165) is 43.0 Å². The van der Waals surface area contributed by atoms with Gasteiger partial charge in [0.05, 0.1) is 0 Å². The van der Waals surface area contributed by atoms with E-state index in [-0.39, 0.29) is 6.79 Å². The number of fused-ring (bicyclic) bond motifs is 1. The fourth-order valence-electron chi connectivity index (χ4n) is 2.45. The van der Waals surface area contributed by atoms with Gasteiger partial charge in [-0.2, -0.15) is 0 Å². The van der Waals surface area contributed by atoms with Crippen molar-refractivity contribution in [2.75, 3.05) is 18.7 Å². The molecule has 0 saturated carbocycles. The topological polar surface area (TPSA) is 42.5 Å². The first-order chi connectivity index (χ1) is 11.3. The molecule has 2 N–H and O–H groups in total. The third kappa shape index (κ3) is 4.60. The molecule has 4 nitrogen and oxygen atoms in total. The van der Waals surface area contributed by atoms with E-state index in [1.807, 2.05) is 24.3 Å². The van der Waals surface area contributed by atoms with E-state index in [1.165, 1.54) is 5.56 Å². The lowest BCUT2D eigenvalue weighted by molar-refractivity contribution is 0.174. The molecule has 0 bridgehead atoms. The van der Waals surface area contributed by atoms with E-state index < -0.39 is 0 Å². The highest BCUT2D eigenvalue weighted by molar-refractivity contribution is 7.80. The molecule has 0 spiro atoms. The van der Waals surface area contributed by atoms with Gasteiger partial charge in [-0.1, -0.05) is 30.3 Å². The summed E-state index contributed by atoms with van der Waals surface area (Å²) in [7, 11) is 0. The smallest absolute Gasteiger partial charge is 0.231 e. The summed E-state index contributed by atoms with van der Waals surface area (Å²) in [4.78, 5) is 0. The Morgan fingerprint density at radius 1 is 1.00 bits per heavy atom. The number of rotatable bonds is 6. The zero-order valence-corrected chi connectivity index (χ0v) is 13.7. The maximum atomic E-state index is 5.35. The summed E-state index contributed by atoms with van der Waals surface area (Å²) in [6.45, 7) is 1.14. The Morgan fingerprint density at radius 2 is 1.83 bits per heavy atom. The summed E-state index contributed by atoms with van der Waals surface area (Å²) < 4.78 is 10.6. The van der Waals surface area contributed by atoms with Crippen LogP contribution in [0, 0.1) is 0 Å². The molecule has 2 aromatic carbocycles. The molecule has 2 aromatic rings. The van der Waals surface area contributed by atoms with Gasteiger partial charge in [0.15, 0.2) is 16.6 Å². The largest absolute Gasteiger partial charge is 0.454 e. The van der Waals surface area contributed by atoms with E-state index in [1.54, 1.807) is 0 Å². The van der Waals surface area contributed by atoms with Crippen LogP contribution in [0.15, 0.2) is 48.5 Å². The third-order valence-corrected chi connectivity index (χ3v) is 3.90. The van der Waals surface area contributed by atoms with Crippen molar-refractivity contribution in [1.82, 2.24) is 5.32 Å². The second kappa shape index (κ2) is 7.83. The second-order valence-corrected chi connectivity index (χ2v) is 5.80. The van der Waals surface area contributed by atoms with Gasteiger partial charge in [-0.15, -0.1) is 0 Å². The number of benzene rings is 2. The van der Waals surface area contributed by atoms with Gasteiger partial charge in [-0.25, -0.2) is 0 Å². The minimum Gasteiger partial charge on any atom is -0.454 e. The van der Waals surface area contributed by atoms with E-state index >= 15 is 0 Å². The average molecular weight is 328 g/mol. The summed E-state index contributed by atoms with van der Waals surface area (Å²) >= 11 is 5.31. The Kier molecular flexibility index (Phi) is 5.32. The summed E-state index contributed by atoms with van der Waals surface area (Å²) in [5, 5.41) is 7.03. The Bertz CT molecular complexity index is 661. The maximum Gasteiger partial charge on any atom is 0.231 e. The number of hydrogen-bond donors (Lipinski definition) is 2. The van der Waals surface area contributed by atoms with Crippen LogP contribution < -0.4 is 20.1 Å². The molecular weight excluding hydrogens is 308 g/mol. The molecule has 23 heavy (non-hydrogen) atoms. The van der Waals surface area contributed by atoms with Crippen molar-refractivity contribution in [1.29, 1.82) is 0 Å². The summed E-state index contributed by atoms with van der Waals surface area (Å²) in [6, 6.07) is 16.2. The van der Waals surface area contributed by atoms with Crippen molar-refractivity contribution in [3.63, 3.8) is 0 Å². The molecule has 0 atom stereocenters. The van der Waals surface area contributed by atoms with E-state index in [0.29, 0.717) is 5.11 Å². The molecule has 0 fully saturated rings. The number of hydrogen-bond acceptors (Lipinski definition) is 3. The molecule has 3 rings (SSSR count). The van der Waals surface area contributed by atoms with Crippen LogP contribution in [-0.2, 0) is 6.42 Å². The summed E-state index contributed by atoms with van der Waals surface area (Å²) in [5.41, 5.74) is 2.28. The Hall–Kier alpha value is -2.27. The number of thiocarbonyl (C=S) groups is 1. The number of ether oxygens (including phenoxy) is 2. The van der Waals surface area contributed by atoms with Gasteiger partial charge in [0.1, 0.15) is 0 Å². The highest BCUT2D eigenvalue weighted by Crippen LogP contribution is 2.34. The van der Waals surface area contributed by atoms with Crippen molar-refractivity contribution in [3.05, 3.63) is 54.1 Å². The average Bonchev–Trinajstić information content (AvgIpc) is 3.03. The number of nitrogens with one attached hydrogen (secondary N) is 2. The number of unbranched alkanes of at least 4 members (excludes halogenated alkanes) is 1. The lowest BCUT2D eigenvalue weighted by Crippen LogP contribution is -2.29. The quantitative estimate of drug-likeness (QED) is 0.625. The molecular formula is C18H20N2O2S.